The molecule has 1 fully saturated rings. The Morgan fingerprint density at radius 3 is 2.94 bits per heavy atom. The van der Waals surface area contributed by atoms with Gasteiger partial charge in [-0.25, -0.2) is 4.39 Å². The lowest BCUT2D eigenvalue weighted by Crippen LogP contribution is -2.39. The molecule has 1 N–H and O–H groups in total. The zero-order valence-electron chi connectivity index (χ0n) is 11.2. The number of aryl methyl sites for hydroxylation is 1. The molecule has 18 heavy (non-hydrogen) atoms. The Morgan fingerprint density at radius 1 is 1.50 bits per heavy atom. The highest BCUT2D eigenvalue weighted by Crippen LogP contribution is 2.30. The zero-order valence-corrected chi connectivity index (χ0v) is 12.0. The third-order valence-corrected chi connectivity index (χ3v) is 5.14. The molecule has 1 aliphatic heterocycles. The molecule has 0 spiro atoms. The van der Waals surface area contributed by atoms with E-state index in [0.29, 0.717) is 6.04 Å². The number of hydrogen-bond acceptors (Lipinski definition) is 2. The van der Waals surface area contributed by atoms with Crippen LogP contribution in [0.4, 0.5) is 4.39 Å². The summed E-state index contributed by atoms with van der Waals surface area (Å²) in [6.07, 6.45) is 3.65. The van der Waals surface area contributed by atoms with Crippen LogP contribution >= 0.6 is 11.8 Å². The van der Waals surface area contributed by atoms with E-state index in [-0.39, 0.29) is 5.82 Å². The minimum absolute atomic E-state index is 0.133. The molecule has 1 heterocycles. The summed E-state index contributed by atoms with van der Waals surface area (Å²) >= 11 is 2.08. The van der Waals surface area contributed by atoms with Crippen molar-refractivity contribution in [3.05, 3.63) is 35.1 Å². The van der Waals surface area contributed by atoms with Gasteiger partial charge in [-0.05, 0) is 61.7 Å². The standard InChI is InChI=1S/C15H22FNS/c1-3-17-14(15-5-4-8-18-15)10-12-6-7-13(16)9-11(12)2/h6-7,9,14-15,17H,3-5,8,10H2,1-2H3. The van der Waals surface area contributed by atoms with Crippen molar-refractivity contribution in [3.8, 4) is 0 Å². The fraction of sp³-hybridized carbons (Fsp3) is 0.600. The molecule has 1 aromatic carbocycles. The average Bonchev–Trinajstić information content (AvgIpc) is 2.85. The van der Waals surface area contributed by atoms with Crippen LogP contribution in [0.3, 0.4) is 0 Å². The van der Waals surface area contributed by atoms with E-state index in [2.05, 4.69) is 24.0 Å². The second kappa shape index (κ2) is 6.58. The largest absolute Gasteiger partial charge is 0.313 e. The van der Waals surface area contributed by atoms with E-state index in [4.69, 9.17) is 0 Å². The van der Waals surface area contributed by atoms with E-state index in [1.54, 1.807) is 12.1 Å². The van der Waals surface area contributed by atoms with Gasteiger partial charge in [0.15, 0.2) is 0 Å². The highest BCUT2D eigenvalue weighted by molar-refractivity contribution is 8.00. The van der Waals surface area contributed by atoms with E-state index in [1.165, 1.54) is 24.2 Å². The summed E-state index contributed by atoms with van der Waals surface area (Å²) in [5.41, 5.74) is 2.34. The van der Waals surface area contributed by atoms with Gasteiger partial charge in [-0.2, -0.15) is 11.8 Å². The van der Waals surface area contributed by atoms with Crippen molar-refractivity contribution in [1.29, 1.82) is 0 Å². The SMILES string of the molecule is CCNC(Cc1ccc(F)cc1C)C1CCCS1. The fourth-order valence-corrected chi connectivity index (χ4v) is 4.04. The molecule has 2 atom stereocenters. The summed E-state index contributed by atoms with van der Waals surface area (Å²) in [4.78, 5) is 0. The number of benzene rings is 1. The van der Waals surface area contributed by atoms with Crippen LogP contribution in [0.5, 0.6) is 0 Å². The van der Waals surface area contributed by atoms with Gasteiger partial charge < -0.3 is 5.32 Å². The van der Waals surface area contributed by atoms with Crippen molar-refractivity contribution < 1.29 is 4.39 Å². The van der Waals surface area contributed by atoms with Gasteiger partial charge in [-0.3, -0.25) is 0 Å². The van der Waals surface area contributed by atoms with E-state index >= 15 is 0 Å². The van der Waals surface area contributed by atoms with Crippen LogP contribution in [-0.4, -0.2) is 23.6 Å². The summed E-state index contributed by atoms with van der Waals surface area (Å²) in [5, 5.41) is 4.32. The Hall–Kier alpha value is -0.540. The molecule has 1 aromatic rings. The van der Waals surface area contributed by atoms with Gasteiger partial charge >= 0.3 is 0 Å². The van der Waals surface area contributed by atoms with Crippen molar-refractivity contribution in [3.63, 3.8) is 0 Å². The molecule has 100 valence electrons. The first-order chi connectivity index (χ1) is 8.70. The number of halogens is 1. The van der Waals surface area contributed by atoms with Crippen LogP contribution in [-0.2, 0) is 6.42 Å². The summed E-state index contributed by atoms with van der Waals surface area (Å²) in [5.74, 6) is 1.15. The molecule has 0 bridgehead atoms. The third kappa shape index (κ3) is 3.48. The van der Waals surface area contributed by atoms with E-state index in [0.717, 1.165) is 23.8 Å². The minimum atomic E-state index is -0.133. The van der Waals surface area contributed by atoms with Crippen molar-refractivity contribution in [2.45, 2.75) is 44.4 Å². The molecule has 1 nitrogen and oxygen atoms in total. The normalized spacial score (nSPS) is 21.2. The van der Waals surface area contributed by atoms with Crippen molar-refractivity contribution in [2.24, 2.45) is 0 Å². The molecule has 2 unspecified atom stereocenters. The van der Waals surface area contributed by atoms with Gasteiger partial charge in [-0.1, -0.05) is 13.0 Å². The van der Waals surface area contributed by atoms with Crippen LogP contribution in [0.2, 0.25) is 0 Å². The Balaban J connectivity index is 2.07. The number of nitrogens with one attached hydrogen (secondary N) is 1. The molecule has 0 aliphatic carbocycles. The van der Waals surface area contributed by atoms with Crippen molar-refractivity contribution >= 4 is 11.8 Å². The summed E-state index contributed by atoms with van der Waals surface area (Å²) in [6, 6.07) is 5.67. The first-order valence-corrected chi connectivity index (χ1v) is 7.85. The maximum Gasteiger partial charge on any atom is 0.123 e. The number of likely N-dealkylation sites (N-methyl/N-ethyl adjacent to an activating group) is 1. The van der Waals surface area contributed by atoms with Gasteiger partial charge in [0.25, 0.3) is 0 Å². The lowest BCUT2D eigenvalue weighted by atomic mass is 9.97. The third-order valence-electron chi connectivity index (χ3n) is 3.62. The maximum atomic E-state index is 13.1. The first-order valence-electron chi connectivity index (χ1n) is 6.80. The predicted molar refractivity (Wildman–Crippen MR) is 77.8 cm³/mol. The Bertz CT molecular complexity index is 388. The highest BCUT2D eigenvalue weighted by atomic mass is 32.2. The van der Waals surface area contributed by atoms with Crippen LogP contribution in [0.15, 0.2) is 18.2 Å². The monoisotopic (exact) mass is 267 g/mol. The smallest absolute Gasteiger partial charge is 0.123 e. The van der Waals surface area contributed by atoms with Gasteiger partial charge in [0, 0.05) is 11.3 Å². The predicted octanol–water partition coefficient (Wildman–Crippen LogP) is 3.55. The molecule has 1 saturated heterocycles. The van der Waals surface area contributed by atoms with E-state index < -0.39 is 0 Å². The second-order valence-electron chi connectivity index (χ2n) is 4.99. The van der Waals surface area contributed by atoms with Crippen LogP contribution < -0.4 is 5.32 Å². The summed E-state index contributed by atoms with van der Waals surface area (Å²) in [6.45, 7) is 5.16. The topological polar surface area (TPSA) is 12.0 Å². The number of rotatable bonds is 5. The Kier molecular flexibility index (Phi) is 5.07. The van der Waals surface area contributed by atoms with Crippen LogP contribution in [0.1, 0.15) is 30.9 Å². The van der Waals surface area contributed by atoms with Crippen molar-refractivity contribution in [2.75, 3.05) is 12.3 Å². The van der Waals surface area contributed by atoms with Gasteiger partial charge in [0.05, 0.1) is 0 Å². The van der Waals surface area contributed by atoms with Gasteiger partial charge in [0.1, 0.15) is 5.82 Å². The molecule has 0 amide bonds. The summed E-state index contributed by atoms with van der Waals surface area (Å²) < 4.78 is 13.1. The zero-order chi connectivity index (χ0) is 13.0. The lowest BCUT2D eigenvalue weighted by Gasteiger charge is -2.24. The lowest BCUT2D eigenvalue weighted by molar-refractivity contribution is 0.494. The minimum Gasteiger partial charge on any atom is -0.313 e. The summed E-state index contributed by atoms with van der Waals surface area (Å²) in [7, 11) is 0. The molecule has 2 rings (SSSR count). The Morgan fingerprint density at radius 2 is 2.33 bits per heavy atom. The van der Waals surface area contributed by atoms with Gasteiger partial charge in [-0.15, -0.1) is 0 Å². The van der Waals surface area contributed by atoms with Gasteiger partial charge in [0.2, 0.25) is 0 Å². The fourth-order valence-electron chi connectivity index (χ4n) is 2.64. The van der Waals surface area contributed by atoms with Crippen LogP contribution in [0, 0.1) is 12.7 Å². The molecular formula is C15H22FNS. The first kappa shape index (κ1) is 13.9. The molecule has 1 aliphatic rings. The van der Waals surface area contributed by atoms with Crippen LogP contribution in [0.25, 0.3) is 0 Å². The van der Waals surface area contributed by atoms with Crippen molar-refractivity contribution in [1.82, 2.24) is 5.32 Å². The number of thioether (sulfide) groups is 1. The molecule has 0 aromatic heterocycles. The maximum absolute atomic E-state index is 13.1. The Labute approximate surface area is 114 Å². The quantitative estimate of drug-likeness (QED) is 0.875. The average molecular weight is 267 g/mol. The molecule has 3 heteroatoms. The van der Waals surface area contributed by atoms with E-state index in [9.17, 15) is 4.39 Å². The molecule has 0 saturated carbocycles. The molecule has 0 radical (unpaired) electrons. The highest BCUT2D eigenvalue weighted by Gasteiger charge is 2.25. The molecular weight excluding hydrogens is 245 g/mol. The van der Waals surface area contributed by atoms with E-state index in [1.807, 2.05) is 13.0 Å². The second-order valence-corrected chi connectivity index (χ2v) is 6.34. The number of hydrogen-bond donors (Lipinski definition) is 1.